The second-order valence-corrected chi connectivity index (χ2v) is 4.12. The molecule has 0 radical (unpaired) electrons. The van der Waals surface area contributed by atoms with E-state index in [1.807, 2.05) is 24.3 Å². The molecule has 0 saturated carbocycles. The van der Waals surface area contributed by atoms with Crippen LogP contribution in [0.25, 0.3) is 0 Å². The van der Waals surface area contributed by atoms with E-state index in [0.717, 1.165) is 11.3 Å². The van der Waals surface area contributed by atoms with Crippen molar-refractivity contribution in [2.75, 3.05) is 19.4 Å². The minimum Gasteiger partial charge on any atom is -0.348 e. The number of nitrogens with zero attached hydrogens (tertiary/aromatic N) is 1. The zero-order valence-electron chi connectivity index (χ0n) is 9.36. The maximum Gasteiger partial charge on any atom is 0.230 e. The molecule has 0 bridgehead atoms. The molecule has 0 aromatic heterocycles. The summed E-state index contributed by atoms with van der Waals surface area (Å²) in [5, 5.41) is 2.77. The van der Waals surface area contributed by atoms with E-state index in [-0.39, 0.29) is 24.2 Å². The summed E-state index contributed by atoms with van der Waals surface area (Å²) in [6, 6.07) is 7.44. The van der Waals surface area contributed by atoms with E-state index >= 15 is 0 Å². The molecule has 1 aliphatic heterocycles. The van der Waals surface area contributed by atoms with Crippen molar-refractivity contribution in [2.24, 2.45) is 0 Å². The Morgan fingerprint density at radius 1 is 1.38 bits per heavy atom. The molecule has 16 heavy (non-hydrogen) atoms. The summed E-state index contributed by atoms with van der Waals surface area (Å²) in [7, 11) is 3.41. The Kier molecular flexibility index (Phi) is 2.64. The van der Waals surface area contributed by atoms with Gasteiger partial charge < -0.3 is 10.2 Å². The van der Waals surface area contributed by atoms with Crippen LogP contribution in [0.15, 0.2) is 24.3 Å². The molecule has 84 valence electrons. The standard InChI is InChI=1S/C12H14N2O2/c1-14(2)12(16)9-7-11(15)13-10-6-4-3-5-8(9)10/h3-6,9H,7H2,1-2H3,(H,13,15). The van der Waals surface area contributed by atoms with Crippen LogP contribution in [0, 0.1) is 0 Å². The fourth-order valence-electron chi connectivity index (χ4n) is 1.94. The van der Waals surface area contributed by atoms with Gasteiger partial charge in [0.2, 0.25) is 11.8 Å². The van der Waals surface area contributed by atoms with Crippen LogP contribution in [0.4, 0.5) is 5.69 Å². The first kappa shape index (κ1) is 10.7. The lowest BCUT2D eigenvalue weighted by Gasteiger charge is -2.26. The summed E-state index contributed by atoms with van der Waals surface area (Å²) >= 11 is 0. The lowest BCUT2D eigenvalue weighted by molar-refractivity contribution is -0.132. The summed E-state index contributed by atoms with van der Waals surface area (Å²) in [5.74, 6) is -0.471. The average molecular weight is 218 g/mol. The topological polar surface area (TPSA) is 49.4 Å². The molecule has 1 unspecified atom stereocenters. The van der Waals surface area contributed by atoms with E-state index in [9.17, 15) is 9.59 Å². The second kappa shape index (κ2) is 3.96. The van der Waals surface area contributed by atoms with Crippen LogP contribution in [-0.2, 0) is 9.59 Å². The van der Waals surface area contributed by atoms with Gasteiger partial charge in [0, 0.05) is 26.2 Å². The highest BCUT2D eigenvalue weighted by Gasteiger charge is 2.31. The molecule has 1 atom stereocenters. The number of rotatable bonds is 1. The van der Waals surface area contributed by atoms with E-state index in [4.69, 9.17) is 0 Å². The highest BCUT2D eigenvalue weighted by Crippen LogP contribution is 2.32. The number of carbonyl (C=O) groups excluding carboxylic acids is 2. The van der Waals surface area contributed by atoms with Gasteiger partial charge in [-0.05, 0) is 11.6 Å². The van der Waals surface area contributed by atoms with E-state index in [2.05, 4.69) is 5.32 Å². The third-order valence-corrected chi connectivity index (χ3v) is 2.74. The van der Waals surface area contributed by atoms with Crippen molar-refractivity contribution >= 4 is 17.5 Å². The summed E-state index contributed by atoms with van der Waals surface area (Å²) < 4.78 is 0. The number of carbonyl (C=O) groups is 2. The maximum atomic E-state index is 12.0. The molecule has 4 heteroatoms. The first-order chi connectivity index (χ1) is 7.59. The first-order valence-electron chi connectivity index (χ1n) is 5.19. The highest BCUT2D eigenvalue weighted by atomic mass is 16.2. The summed E-state index contributed by atoms with van der Waals surface area (Å²) in [6.07, 6.45) is 0.230. The summed E-state index contributed by atoms with van der Waals surface area (Å²) in [6.45, 7) is 0. The van der Waals surface area contributed by atoms with E-state index in [1.165, 1.54) is 4.90 Å². The van der Waals surface area contributed by atoms with Crippen LogP contribution >= 0.6 is 0 Å². The Bertz CT molecular complexity index is 440. The maximum absolute atomic E-state index is 12.0. The van der Waals surface area contributed by atoms with Crippen molar-refractivity contribution in [2.45, 2.75) is 12.3 Å². The van der Waals surface area contributed by atoms with Gasteiger partial charge in [0.1, 0.15) is 0 Å². The Balaban J connectivity index is 2.41. The van der Waals surface area contributed by atoms with Crippen LogP contribution in [0.1, 0.15) is 17.9 Å². The van der Waals surface area contributed by atoms with Gasteiger partial charge >= 0.3 is 0 Å². The van der Waals surface area contributed by atoms with Crippen LogP contribution in [0.5, 0.6) is 0 Å². The third-order valence-electron chi connectivity index (χ3n) is 2.74. The number of amides is 2. The summed E-state index contributed by atoms with van der Waals surface area (Å²) in [4.78, 5) is 25.0. The molecule has 0 fully saturated rings. The Morgan fingerprint density at radius 2 is 2.06 bits per heavy atom. The number of hydrogen-bond donors (Lipinski definition) is 1. The molecular weight excluding hydrogens is 204 g/mol. The Labute approximate surface area is 94.2 Å². The minimum absolute atomic E-state index is 0.0256. The van der Waals surface area contributed by atoms with Gasteiger partial charge in [-0.2, -0.15) is 0 Å². The number of nitrogens with one attached hydrogen (secondary N) is 1. The zero-order chi connectivity index (χ0) is 11.7. The van der Waals surface area contributed by atoms with Gasteiger partial charge in [-0.15, -0.1) is 0 Å². The first-order valence-corrected chi connectivity index (χ1v) is 5.19. The quantitative estimate of drug-likeness (QED) is 0.770. The van der Waals surface area contributed by atoms with Gasteiger partial charge in [-0.1, -0.05) is 18.2 Å². The number of para-hydroxylation sites is 1. The van der Waals surface area contributed by atoms with Crippen molar-refractivity contribution < 1.29 is 9.59 Å². The van der Waals surface area contributed by atoms with Crippen LogP contribution in [-0.4, -0.2) is 30.8 Å². The van der Waals surface area contributed by atoms with Crippen LogP contribution in [0.2, 0.25) is 0 Å². The van der Waals surface area contributed by atoms with E-state index in [0.29, 0.717) is 0 Å². The van der Waals surface area contributed by atoms with Crippen LogP contribution in [0.3, 0.4) is 0 Å². The fourth-order valence-corrected chi connectivity index (χ4v) is 1.94. The number of benzene rings is 1. The molecule has 4 nitrogen and oxygen atoms in total. The molecular formula is C12H14N2O2. The molecule has 1 N–H and O–H groups in total. The van der Waals surface area contributed by atoms with Crippen molar-refractivity contribution in [3.63, 3.8) is 0 Å². The molecule has 0 spiro atoms. The third kappa shape index (κ3) is 1.78. The number of anilines is 1. The highest BCUT2D eigenvalue weighted by molar-refractivity contribution is 6.01. The van der Waals surface area contributed by atoms with Crippen molar-refractivity contribution in [3.8, 4) is 0 Å². The van der Waals surface area contributed by atoms with Crippen LogP contribution < -0.4 is 5.32 Å². The van der Waals surface area contributed by atoms with Gasteiger partial charge in [-0.25, -0.2) is 0 Å². The Hall–Kier alpha value is -1.84. The van der Waals surface area contributed by atoms with Crippen molar-refractivity contribution in [3.05, 3.63) is 29.8 Å². The van der Waals surface area contributed by atoms with E-state index in [1.54, 1.807) is 14.1 Å². The van der Waals surface area contributed by atoms with Gasteiger partial charge in [0.25, 0.3) is 0 Å². The fraction of sp³-hybridized carbons (Fsp3) is 0.333. The van der Waals surface area contributed by atoms with Gasteiger partial charge in [-0.3, -0.25) is 9.59 Å². The average Bonchev–Trinajstić information content (AvgIpc) is 2.26. The van der Waals surface area contributed by atoms with Crippen molar-refractivity contribution in [1.82, 2.24) is 4.90 Å². The predicted octanol–water partition coefficient (Wildman–Crippen LogP) is 1.20. The van der Waals surface area contributed by atoms with Crippen molar-refractivity contribution in [1.29, 1.82) is 0 Å². The second-order valence-electron chi connectivity index (χ2n) is 4.12. The molecule has 1 aromatic rings. The molecule has 0 saturated heterocycles. The number of likely N-dealkylation sites (N-methyl/N-ethyl adjacent to an activating group) is 1. The predicted molar refractivity (Wildman–Crippen MR) is 61.1 cm³/mol. The zero-order valence-corrected chi connectivity index (χ0v) is 9.36. The number of fused-ring (bicyclic) bond motifs is 1. The van der Waals surface area contributed by atoms with Gasteiger partial charge in [0.05, 0.1) is 5.92 Å². The number of hydrogen-bond acceptors (Lipinski definition) is 2. The minimum atomic E-state index is -0.347. The molecule has 1 heterocycles. The normalized spacial score (nSPS) is 18.6. The lowest BCUT2D eigenvalue weighted by atomic mass is 9.89. The molecule has 2 amide bonds. The monoisotopic (exact) mass is 218 g/mol. The molecule has 1 aromatic carbocycles. The lowest BCUT2D eigenvalue weighted by Crippen LogP contribution is -2.34. The summed E-state index contributed by atoms with van der Waals surface area (Å²) in [5.41, 5.74) is 1.65. The van der Waals surface area contributed by atoms with E-state index < -0.39 is 0 Å². The smallest absolute Gasteiger partial charge is 0.230 e. The molecule has 1 aliphatic rings. The Morgan fingerprint density at radius 3 is 2.75 bits per heavy atom. The SMILES string of the molecule is CN(C)C(=O)C1CC(=O)Nc2ccccc21. The molecule has 0 aliphatic carbocycles. The van der Waals surface area contributed by atoms with Gasteiger partial charge in [0.15, 0.2) is 0 Å². The largest absolute Gasteiger partial charge is 0.348 e. The molecule has 2 rings (SSSR count).